The average Bonchev–Trinajstić information content (AvgIpc) is 3.25. The van der Waals surface area contributed by atoms with E-state index in [2.05, 4.69) is 130 Å². The van der Waals surface area contributed by atoms with Gasteiger partial charge in [-0.15, -0.1) is 35.4 Å². The van der Waals surface area contributed by atoms with E-state index in [1.807, 2.05) is 12.4 Å². The molecule has 0 atom stereocenters. The van der Waals surface area contributed by atoms with Crippen molar-refractivity contribution in [2.24, 2.45) is 0 Å². The monoisotopic (exact) mass is 711 g/mol. The minimum atomic E-state index is -0.326. The Bertz CT molecular complexity index is 1560. The molecule has 0 saturated heterocycles. The molecule has 0 radical (unpaired) electrons. The van der Waals surface area contributed by atoms with Crippen LogP contribution in [0.2, 0.25) is 0 Å². The molecule has 2 aromatic carbocycles. The molecule has 210 valence electrons. The van der Waals surface area contributed by atoms with E-state index in [4.69, 9.17) is 14.4 Å². The normalized spacial score (nSPS) is 13.1. The molecule has 0 aliphatic carbocycles. The number of aromatic nitrogens is 2. The summed E-state index contributed by atoms with van der Waals surface area (Å²) in [6, 6.07) is 24.5. The van der Waals surface area contributed by atoms with E-state index in [0.29, 0.717) is 0 Å². The molecule has 0 aliphatic heterocycles. The van der Waals surface area contributed by atoms with Crippen LogP contribution in [0.25, 0.3) is 21.9 Å². The Morgan fingerprint density at radius 1 is 0.550 bits per heavy atom. The van der Waals surface area contributed by atoms with Gasteiger partial charge in [-0.3, -0.25) is 9.97 Å². The second-order valence-electron chi connectivity index (χ2n) is 13.9. The van der Waals surface area contributed by atoms with Crippen LogP contribution in [0.5, 0.6) is 0 Å². The molecule has 40 heavy (non-hydrogen) atoms. The van der Waals surface area contributed by atoms with Crippen LogP contribution in [0.4, 0.5) is 0 Å². The molecule has 0 spiro atoms. The van der Waals surface area contributed by atoms with E-state index in [-0.39, 0.29) is 42.7 Å². The summed E-state index contributed by atoms with van der Waals surface area (Å²) in [5.74, 6) is 0. The Morgan fingerprint density at radius 2 is 0.925 bits per heavy atom. The van der Waals surface area contributed by atoms with Crippen LogP contribution < -0.4 is 0 Å². The Labute approximate surface area is 254 Å². The molecule has 0 fully saturated rings. The zero-order valence-electron chi connectivity index (χ0n) is 25.4. The zero-order chi connectivity index (χ0) is 28.4. The molecular weight excluding hydrogens is 671 g/mol. The minimum Gasteiger partial charge on any atom is -0.564 e. The fraction of sp³-hybridized carbons (Fsp3) is 0.389. The van der Waals surface area contributed by atoms with Crippen molar-refractivity contribution < 1.29 is 25.5 Å². The van der Waals surface area contributed by atoms with Gasteiger partial charge in [0, 0.05) is 34.6 Å². The van der Waals surface area contributed by atoms with Gasteiger partial charge in [-0.25, -0.2) is 0 Å². The first-order chi connectivity index (χ1) is 18.1. The summed E-state index contributed by atoms with van der Waals surface area (Å²) in [5.41, 5.74) is 7.88. The smallest absolute Gasteiger partial charge is 0.564 e. The van der Waals surface area contributed by atoms with Crippen LogP contribution in [0.15, 0.2) is 65.3 Å². The van der Waals surface area contributed by atoms with Gasteiger partial charge >= 0.3 is 21.1 Å². The zero-order valence-corrected chi connectivity index (χ0v) is 27.7. The van der Waals surface area contributed by atoms with Crippen molar-refractivity contribution in [3.8, 4) is 0 Å². The van der Waals surface area contributed by atoms with Crippen molar-refractivity contribution in [3.05, 3.63) is 107 Å². The standard InChI is InChI=1S/C36H40N2O.Pt/c1-33(2,3)23-15-17-37-31(21-23)35(7,8)25-11-13-29-27(19-25)28-20-26(12-14-30(28)39-29)36(9,10)32-22-24(16-18-38-32)34(4,5)6;/h11-18,21-22H,1-10H3;/q-2;+2. The van der Waals surface area contributed by atoms with E-state index in [0.717, 1.165) is 44.5 Å². The largest absolute Gasteiger partial charge is 2.00 e. The molecule has 3 heterocycles. The van der Waals surface area contributed by atoms with Gasteiger partial charge in [0.2, 0.25) is 0 Å². The van der Waals surface area contributed by atoms with Crippen LogP contribution in [0.3, 0.4) is 0 Å². The Hall–Kier alpha value is -2.77. The molecule has 0 amide bonds. The maximum atomic E-state index is 6.23. The molecule has 0 bridgehead atoms. The van der Waals surface area contributed by atoms with Gasteiger partial charge in [0.1, 0.15) is 0 Å². The number of rotatable bonds is 4. The summed E-state index contributed by atoms with van der Waals surface area (Å²) in [6.45, 7) is 22.3. The van der Waals surface area contributed by atoms with Crippen molar-refractivity contribution >= 4 is 21.9 Å². The third-order valence-corrected chi connectivity index (χ3v) is 8.16. The van der Waals surface area contributed by atoms with Gasteiger partial charge in [-0.05, 0) is 57.4 Å². The fourth-order valence-electron chi connectivity index (χ4n) is 5.10. The Balaban J connectivity index is 0.00000370. The molecule has 0 unspecified atom stereocenters. The summed E-state index contributed by atoms with van der Waals surface area (Å²) >= 11 is 0. The number of nitrogens with zero attached hydrogens (tertiary/aromatic N) is 2. The van der Waals surface area contributed by atoms with E-state index in [1.54, 1.807) is 0 Å². The van der Waals surface area contributed by atoms with E-state index < -0.39 is 0 Å². The van der Waals surface area contributed by atoms with Gasteiger partial charge in [0.05, 0.1) is 0 Å². The van der Waals surface area contributed by atoms with E-state index in [1.165, 1.54) is 11.1 Å². The van der Waals surface area contributed by atoms with Gasteiger partial charge < -0.3 is 4.42 Å². The quantitative estimate of drug-likeness (QED) is 0.175. The first-order valence-corrected chi connectivity index (χ1v) is 13.8. The molecule has 5 rings (SSSR count). The molecular formula is C36H40N2OPt. The average molecular weight is 712 g/mol. The molecule has 3 nitrogen and oxygen atoms in total. The van der Waals surface area contributed by atoms with Crippen LogP contribution in [0.1, 0.15) is 103 Å². The van der Waals surface area contributed by atoms with Crippen LogP contribution >= 0.6 is 0 Å². The number of hydrogen-bond acceptors (Lipinski definition) is 3. The summed E-state index contributed by atoms with van der Waals surface area (Å²) in [6.07, 6.45) is 3.85. The molecule has 3 aromatic heterocycles. The fourth-order valence-corrected chi connectivity index (χ4v) is 5.10. The molecule has 0 aliphatic rings. The molecule has 5 aromatic rings. The van der Waals surface area contributed by atoms with Gasteiger partial charge in [-0.2, -0.15) is 22.9 Å². The van der Waals surface area contributed by atoms with Gasteiger partial charge in [0.25, 0.3) is 0 Å². The number of pyridine rings is 2. The maximum absolute atomic E-state index is 6.23. The predicted molar refractivity (Wildman–Crippen MR) is 162 cm³/mol. The maximum Gasteiger partial charge on any atom is 2.00 e. The van der Waals surface area contributed by atoms with Crippen molar-refractivity contribution in [1.29, 1.82) is 0 Å². The topological polar surface area (TPSA) is 38.9 Å². The van der Waals surface area contributed by atoms with Crippen molar-refractivity contribution in [2.75, 3.05) is 0 Å². The van der Waals surface area contributed by atoms with Gasteiger partial charge in [0.15, 0.2) is 0 Å². The third-order valence-electron chi connectivity index (χ3n) is 8.16. The first kappa shape index (κ1) is 30.2. The second kappa shape index (κ2) is 10.3. The molecule has 0 saturated carbocycles. The predicted octanol–water partition coefficient (Wildman–Crippen LogP) is 9.22. The Morgan fingerprint density at radius 3 is 1.27 bits per heavy atom. The first-order valence-electron chi connectivity index (χ1n) is 13.8. The SMILES string of the molecule is CC(C)(C)c1ccnc(C(C)(C)c2[c-]c3c(cc2)oc2ccc(C(C)(C)c4cc(C(C)(C)C)ccn4)[c-]c23)c1.[Pt+2]. The summed E-state index contributed by atoms with van der Waals surface area (Å²) in [7, 11) is 0. The number of fused-ring (bicyclic) bond motifs is 3. The second-order valence-corrected chi connectivity index (χ2v) is 13.9. The van der Waals surface area contributed by atoms with Gasteiger partial charge in [-0.1, -0.05) is 69.2 Å². The van der Waals surface area contributed by atoms with Crippen molar-refractivity contribution in [1.82, 2.24) is 9.97 Å². The van der Waals surface area contributed by atoms with Crippen molar-refractivity contribution in [3.63, 3.8) is 0 Å². The van der Waals surface area contributed by atoms with Crippen molar-refractivity contribution in [2.45, 2.75) is 90.9 Å². The summed E-state index contributed by atoms with van der Waals surface area (Å²) < 4.78 is 6.23. The van der Waals surface area contributed by atoms with E-state index in [9.17, 15) is 0 Å². The van der Waals surface area contributed by atoms with Crippen LogP contribution in [-0.4, -0.2) is 9.97 Å². The summed E-state index contributed by atoms with van der Waals surface area (Å²) in [5, 5.41) is 1.91. The van der Waals surface area contributed by atoms with Crippen LogP contribution in [0, 0.1) is 12.1 Å². The van der Waals surface area contributed by atoms with Crippen LogP contribution in [-0.2, 0) is 42.7 Å². The molecule has 4 heteroatoms. The number of furan rings is 1. The summed E-state index contributed by atoms with van der Waals surface area (Å²) in [4.78, 5) is 9.55. The Kier molecular flexibility index (Phi) is 7.74. The van der Waals surface area contributed by atoms with E-state index >= 15 is 0 Å². The molecule has 0 N–H and O–H groups in total. The number of hydrogen-bond donors (Lipinski definition) is 0. The third kappa shape index (κ3) is 5.42. The number of benzene rings is 2. The minimum absolute atomic E-state index is 0.